The molecule has 0 saturated carbocycles. The SMILES string of the molecule is COc1cccc(C(=O)Nc2cccc(SC(C)C(=O)n3c4ccccc4c4ccccc43)c2)c1. The fourth-order valence-corrected chi connectivity index (χ4v) is 5.18. The van der Waals surface area contributed by atoms with Crippen molar-refractivity contribution in [1.29, 1.82) is 0 Å². The van der Waals surface area contributed by atoms with Gasteiger partial charge < -0.3 is 10.1 Å². The summed E-state index contributed by atoms with van der Waals surface area (Å²) in [5, 5.41) is 4.73. The number of nitrogens with zero attached hydrogens (tertiary/aromatic N) is 1. The topological polar surface area (TPSA) is 60.3 Å². The number of thioether (sulfide) groups is 1. The van der Waals surface area contributed by atoms with E-state index in [1.54, 1.807) is 31.4 Å². The Morgan fingerprint density at radius 1 is 0.829 bits per heavy atom. The molecule has 35 heavy (non-hydrogen) atoms. The van der Waals surface area contributed by atoms with Crippen molar-refractivity contribution in [2.24, 2.45) is 0 Å². The molecule has 1 N–H and O–H groups in total. The first kappa shape index (κ1) is 22.7. The number of hydrogen-bond donors (Lipinski definition) is 1. The summed E-state index contributed by atoms with van der Waals surface area (Å²) in [6.07, 6.45) is 0. The van der Waals surface area contributed by atoms with Gasteiger partial charge in [0.15, 0.2) is 0 Å². The first-order valence-electron chi connectivity index (χ1n) is 11.3. The second-order valence-corrected chi connectivity index (χ2v) is 9.60. The Morgan fingerprint density at radius 3 is 2.17 bits per heavy atom. The molecule has 1 heterocycles. The standard InChI is InChI=1S/C29H24N2O3S/c1-19(29(33)31-26-15-5-3-13-24(26)25-14-4-6-16-27(25)31)35-23-12-8-10-21(18-23)30-28(32)20-9-7-11-22(17-20)34-2/h3-19H,1-2H3,(H,30,32). The Bertz CT molecular complexity index is 1500. The second-order valence-electron chi connectivity index (χ2n) is 8.18. The molecule has 0 saturated heterocycles. The molecule has 5 aromatic rings. The molecule has 5 rings (SSSR count). The lowest BCUT2D eigenvalue weighted by atomic mass is 10.2. The van der Waals surface area contributed by atoms with Crippen LogP contribution in [0.1, 0.15) is 22.1 Å². The van der Waals surface area contributed by atoms with Crippen LogP contribution in [0.3, 0.4) is 0 Å². The van der Waals surface area contributed by atoms with Gasteiger partial charge in [-0.3, -0.25) is 14.2 Å². The number of rotatable bonds is 6. The van der Waals surface area contributed by atoms with Crippen molar-refractivity contribution < 1.29 is 14.3 Å². The number of aromatic nitrogens is 1. The highest BCUT2D eigenvalue weighted by Crippen LogP contribution is 2.32. The molecule has 0 fully saturated rings. The van der Waals surface area contributed by atoms with Crippen LogP contribution in [0, 0.1) is 0 Å². The molecule has 0 aliphatic carbocycles. The largest absolute Gasteiger partial charge is 0.497 e. The molecule has 0 spiro atoms. The van der Waals surface area contributed by atoms with Crippen LogP contribution in [0.2, 0.25) is 0 Å². The molecule has 4 aromatic carbocycles. The van der Waals surface area contributed by atoms with E-state index in [4.69, 9.17) is 4.74 Å². The van der Waals surface area contributed by atoms with E-state index in [1.165, 1.54) is 11.8 Å². The van der Waals surface area contributed by atoms with Gasteiger partial charge in [0.2, 0.25) is 5.91 Å². The molecule has 6 heteroatoms. The van der Waals surface area contributed by atoms with Crippen molar-refractivity contribution >= 4 is 51.1 Å². The van der Waals surface area contributed by atoms with Crippen LogP contribution in [0.5, 0.6) is 5.75 Å². The zero-order chi connectivity index (χ0) is 24.4. The Hall–Kier alpha value is -4.03. The number of fused-ring (bicyclic) bond motifs is 3. The number of methoxy groups -OCH3 is 1. The molecule has 0 radical (unpaired) electrons. The van der Waals surface area contributed by atoms with E-state index in [1.807, 2.05) is 84.3 Å². The van der Waals surface area contributed by atoms with Gasteiger partial charge in [-0.1, -0.05) is 48.5 Å². The van der Waals surface area contributed by atoms with Crippen LogP contribution in [-0.2, 0) is 0 Å². The minimum Gasteiger partial charge on any atom is -0.497 e. The lowest BCUT2D eigenvalue weighted by Gasteiger charge is -2.14. The molecule has 1 atom stereocenters. The molecule has 0 bridgehead atoms. The van der Waals surface area contributed by atoms with Gasteiger partial charge in [0, 0.05) is 26.9 Å². The number of benzene rings is 4. The summed E-state index contributed by atoms with van der Waals surface area (Å²) < 4.78 is 7.02. The van der Waals surface area contributed by atoms with Crippen LogP contribution in [0.25, 0.3) is 21.8 Å². The first-order chi connectivity index (χ1) is 17.0. The van der Waals surface area contributed by atoms with E-state index in [-0.39, 0.29) is 17.1 Å². The van der Waals surface area contributed by atoms with E-state index >= 15 is 0 Å². The molecule has 1 aromatic heterocycles. The summed E-state index contributed by atoms with van der Waals surface area (Å²) in [5.41, 5.74) is 2.99. The maximum absolute atomic E-state index is 13.6. The Kier molecular flexibility index (Phi) is 6.29. The third kappa shape index (κ3) is 4.53. The second kappa shape index (κ2) is 9.68. The van der Waals surface area contributed by atoms with Gasteiger partial charge >= 0.3 is 0 Å². The van der Waals surface area contributed by atoms with Crippen LogP contribution < -0.4 is 10.1 Å². The third-order valence-corrected chi connectivity index (χ3v) is 6.97. The quantitative estimate of drug-likeness (QED) is 0.269. The van der Waals surface area contributed by atoms with Gasteiger partial charge in [-0.05, 0) is 55.5 Å². The highest BCUT2D eigenvalue weighted by Gasteiger charge is 2.21. The zero-order valence-corrected chi connectivity index (χ0v) is 20.2. The number of ether oxygens (including phenoxy) is 1. The highest BCUT2D eigenvalue weighted by molar-refractivity contribution is 8.00. The molecular weight excluding hydrogens is 456 g/mol. The number of nitrogens with one attached hydrogen (secondary N) is 1. The van der Waals surface area contributed by atoms with Crippen molar-refractivity contribution in [3.8, 4) is 5.75 Å². The number of para-hydroxylation sites is 2. The van der Waals surface area contributed by atoms with Crippen molar-refractivity contribution in [1.82, 2.24) is 4.57 Å². The normalized spacial score (nSPS) is 11.9. The van der Waals surface area contributed by atoms with E-state index in [0.717, 1.165) is 26.7 Å². The molecule has 0 aliphatic rings. The lowest BCUT2D eigenvalue weighted by Crippen LogP contribution is -2.21. The molecule has 174 valence electrons. The molecular formula is C29H24N2O3S. The first-order valence-corrected chi connectivity index (χ1v) is 12.2. The number of amides is 1. The number of carbonyl (C=O) groups is 2. The van der Waals surface area contributed by atoms with Gasteiger partial charge in [-0.15, -0.1) is 11.8 Å². The Labute approximate surface area is 207 Å². The van der Waals surface area contributed by atoms with Gasteiger partial charge in [0.1, 0.15) is 5.75 Å². The van der Waals surface area contributed by atoms with Gasteiger partial charge in [0.05, 0.1) is 23.4 Å². The van der Waals surface area contributed by atoms with Crippen molar-refractivity contribution in [2.75, 3.05) is 12.4 Å². The summed E-state index contributed by atoms with van der Waals surface area (Å²) in [6.45, 7) is 1.91. The average Bonchev–Trinajstić information content (AvgIpc) is 3.23. The minimum absolute atomic E-state index is 0.0122. The number of anilines is 1. The minimum atomic E-state index is -0.335. The van der Waals surface area contributed by atoms with Gasteiger partial charge in [-0.2, -0.15) is 0 Å². The summed E-state index contributed by atoms with van der Waals surface area (Å²) in [5.74, 6) is 0.415. The van der Waals surface area contributed by atoms with Gasteiger partial charge in [-0.25, -0.2) is 0 Å². The monoisotopic (exact) mass is 480 g/mol. The molecule has 1 amide bonds. The van der Waals surface area contributed by atoms with E-state index in [2.05, 4.69) is 5.32 Å². The predicted molar refractivity (Wildman–Crippen MR) is 143 cm³/mol. The van der Waals surface area contributed by atoms with Crippen molar-refractivity contribution in [3.05, 3.63) is 103 Å². The smallest absolute Gasteiger partial charge is 0.255 e. The van der Waals surface area contributed by atoms with E-state index < -0.39 is 0 Å². The number of hydrogen-bond acceptors (Lipinski definition) is 4. The summed E-state index contributed by atoms with van der Waals surface area (Å²) in [7, 11) is 1.57. The van der Waals surface area contributed by atoms with Crippen LogP contribution in [0.15, 0.2) is 102 Å². The average molecular weight is 481 g/mol. The third-order valence-electron chi connectivity index (χ3n) is 5.88. The fourth-order valence-electron chi connectivity index (χ4n) is 4.21. The van der Waals surface area contributed by atoms with Crippen molar-refractivity contribution in [2.45, 2.75) is 17.1 Å². The molecule has 5 nitrogen and oxygen atoms in total. The summed E-state index contributed by atoms with van der Waals surface area (Å²) in [4.78, 5) is 27.2. The Morgan fingerprint density at radius 2 is 1.49 bits per heavy atom. The molecule has 0 aliphatic heterocycles. The number of carbonyl (C=O) groups excluding carboxylic acids is 2. The predicted octanol–water partition coefficient (Wildman–Crippen LogP) is 6.88. The zero-order valence-electron chi connectivity index (χ0n) is 19.4. The Balaban J connectivity index is 1.37. The maximum atomic E-state index is 13.6. The van der Waals surface area contributed by atoms with E-state index in [0.29, 0.717) is 17.0 Å². The van der Waals surface area contributed by atoms with E-state index in [9.17, 15) is 9.59 Å². The fraction of sp³-hybridized carbons (Fsp3) is 0.103. The van der Waals surface area contributed by atoms with Crippen LogP contribution in [0.4, 0.5) is 5.69 Å². The highest BCUT2D eigenvalue weighted by atomic mass is 32.2. The lowest BCUT2D eigenvalue weighted by molar-refractivity contribution is 0.0924. The summed E-state index contributed by atoms with van der Waals surface area (Å²) >= 11 is 1.47. The molecule has 1 unspecified atom stereocenters. The van der Waals surface area contributed by atoms with Crippen molar-refractivity contribution in [3.63, 3.8) is 0 Å². The van der Waals surface area contributed by atoms with Gasteiger partial charge in [0.25, 0.3) is 5.91 Å². The maximum Gasteiger partial charge on any atom is 0.255 e. The van der Waals surface area contributed by atoms with Crippen LogP contribution >= 0.6 is 11.8 Å². The van der Waals surface area contributed by atoms with Crippen LogP contribution in [-0.4, -0.2) is 28.7 Å². The summed E-state index contributed by atoms with van der Waals surface area (Å²) in [6, 6.07) is 30.5.